The minimum Gasteiger partial charge on any atom is -0.482 e. The Labute approximate surface area is 220 Å². The fourth-order valence-electron chi connectivity index (χ4n) is 3.62. The van der Waals surface area contributed by atoms with Gasteiger partial charge in [0.15, 0.2) is 6.61 Å². The maximum atomic E-state index is 13.6. The van der Waals surface area contributed by atoms with E-state index in [0.717, 1.165) is 15.6 Å². The van der Waals surface area contributed by atoms with E-state index in [1.54, 1.807) is 29.2 Å². The van der Waals surface area contributed by atoms with E-state index in [0.29, 0.717) is 17.2 Å². The normalized spacial score (nSPS) is 12.0. The summed E-state index contributed by atoms with van der Waals surface area (Å²) < 4.78 is 6.65. The zero-order valence-electron chi connectivity index (χ0n) is 20.1. The summed E-state index contributed by atoms with van der Waals surface area (Å²) in [6, 6.07) is 23.7. The second kappa shape index (κ2) is 12.2. The average Bonchev–Trinajstić information content (AvgIpc) is 2.80. The van der Waals surface area contributed by atoms with Crippen molar-refractivity contribution in [3.05, 3.63) is 99.5 Å². The minimum atomic E-state index is -0.738. The molecule has 0 aliphatic rings. The number of hydrogen-bond donors (Lipinski definition) is 1. The Balaban J connectivity index is 1.94. The van der Waals surface area contributed by atoms with Gasteiger partial charge in [-0.3, -0.25) is 9.59 Å². The molecule has 35 heavy (non-hydrogen) atoms. The van der Waals surface area contributed by atoms with Crippen molar-refractivity contribution in [1.29, 1.82) is 0 Å². The second-order valence-corrected chi connectivity index (χ2v) is 10.6. The predicted octanol–water partition coefficient (Wildman–Crippen LogP) is 6.04. The Hall–Kier alpha value is -2.83. The van der Waals surface area contributed by atoms with Crippen molar-refractivity contribution < 1.29 is 14.3 Å². The third-order valence-electron chi connectivity index (χ3n) is 5.20. The number of para-hydroxylation sites is 1. The topological polar surface area (TPSA) is 58.6 Å². The Morgan fingerprint density at radius 1 is 0.971 bits per heavy atom. The highest BCUT2D eigenvalue weighted by atomic mass is 79.9. The molecule has 0 heterocycles. The summed E-state index contributed by atoms with van der Waals surface area (Å²) in [5.41, 5.74) is 1.40. The van der Waals surface area contributed by atoms with Crippen molar-refractivity contribution in [2.24, 2.45) is 0 Å². The molecule has 0 saturated carbocycles. The summed E-state index contributed by atoms with van der Waals surface area (Å²) >= 11 is 9.70. The van der Waals surface area contributed by atoms with Gasteiger partial charge in [-0.25, -0.2) is 0 Å². The van der Waals surface area contributed by atoms with Gasteiger partial charge in [0.1, 0.15) is 11.8 Å². The first-order valence-corrected chi connectivity index (χ1v) is 12.6. The van der Waals surface area contributed by atoms with E-state index in [1.165, 1.54) is 0 Å². The molecule has 3 aromatic carbocycles. The van der Waals surface area contributed by atoms with Crippen LogP contribution in [0.2, 0.25) is 5.02 Å². The smallest absolute Gasteiger partial charge is 0.261 e. The van der Waals surface area contributed by atoms with Crippen molar-refractivity contribution in [1.82, 2.24) is 10.2 Å². The van der Waals surface area contributed by atoms with E-state index in [2.05, 4.69) is 21.2 Å². The second-order valence-electron chi connectivity index (χ2n) is 9.32. The maximum Gasteiger partial charge on any atom is 0.261 e. The summed E-state index contributed by atoms with van der Waals surface area (Å²) in [5, 5.41) is 3.47. The van der Waals surface area contributed by atoms with Crippen LogP contribution in [0.15, 0.2) is 83.3 Å². The number of ether oxygens (including phenoxy) is 1. The molecule has 0 saturated heterocycles. The molecule has 7 heteroatoms. The van der Waals surface area contributed by atoms with E-state index in [1.807, 2.05) is 75.4 Å². The highest BCUT2D eigenvalue weighted by Crippen LogP contribution is 2.24. The first-order chi connectivity index (χ1) is 16.6. The van der Waals surface area contributed by atoms with Crippen LogP contribution >= 0.6 is 27.5 Å². The minimum absolute atomic E-state index is 0.220. The van der Waals surface area contributed by atoms with Crippen LogP contribution in [0, 0.1) is 0 Å². The monoisotopic (exact) mass is 556 g/mol. The summed E-state index contributed by atoms with van der Waals surface area (Å²) in [4.78, 5) is 28.7. The van der Waals surface area contributed by atoms with Gasteiger partial charge in [0, 0.05) is 23.0 Å². The van der Waals surface area contributed by atoms with Crippen LogP contribution < -0.4 is 10.1 Å². The average molecular weight is 558 g/mol. The van der Waals surface area contributed by atoms with Crippen molar-refractivity contribution in [2.45, 2.75) is 45.3 Å². The zero-order chi connectivity index (χ0) is 25.4. The third-order valence-corrected chi connectivity index (χ3v) is 6.00. The van der Waals surface area contributed by atoms with Crippen LogP contribution in [0.25, 0.3) is 0 Å². The number of amides is 2. The zero-order valence-corrected chi connectivity index (χ0v) is 22.5. The Kier molecular flexibility index (Phi) is 9.35. The van der Waals surface area contributed by atoms with E-state index in [4.69, 9.17) is 16.3 Å². The van der Waals surface area contributed by atoms with Crippen LogP contribution in [0.4, 0.5) is 0 Å². The lowest BCUT2D eigenvalue weighted by atomic mass is 10.0. The lowest BCUT2D eigenvalue weighted by Gasteiger charge is -2.33. The SMILES string of the molecule is CC(C)(C)NC(=O)[C@H](Cc1ccccc1)N(Cc1cccc(Br)c1)C(=O)COc1ccccc1Cl. The quantitative estimate of drug-likeness (QED) is 0.349. The van der Waals surface area contributed by atoms with Crippen molar-refractivity contribution in [3.8, 4) is 5.75 Å². The molecule has 5 nitrogen and oxygen atoms in total. The lowest BCUT2D eigenvalue weighted by Crippen LogP contribution is -2.55. The molecule has 0 aliphatic heterocycles. The summed E-state index contributed by atoms with van der Waals surface area (Å²) in [5.74, 6) is -0.110. The van der Waals surface area contributed by atoms with Gasteiger partial charge in [0.05, 0.1) is 5.02 Å². The molecule has 0 unspecified atom stereocenters. The fourth-order valence-corrected chi connectivity index (χ4v) is 4.26. The van der Waals surface area contributed by atoms with Crippen molar-refractivity contribution in [2.75, 3.05) is 6.61 Å². The van der Waals surface area contributed by atoms with Gasteiger partial charge in [-0.05, 0) is 56.2 Å². The molecule has 3 aromatic rings. The largest absolute Gasteiger partial charge is 0.482 e. The Morgan fingerprint density at radius 2 is 1.63 bits per heavy atom. The molecule has 0 aliphatic carbocycles. The predicted molar refractivity (Wildman–Crippen MR) is 143 cm³/mol. The summed E-state index contributed by atoms with van der Waals surface area (Å²) in [6.45, 7) is 5.77. The molecule has 184 valence electrons. The first-order valence-electron chi connectivity index (χ1n) is 11.4. The lowest BCUT2D eigenvalue weighted by molar-refractivity contribution is -0.143. The fraction of sp³-hybridized carbons (Fsp3) is 0.286. The Bertz CT molecular complexity index is 1150. The van der Waals surface area contributed by atoms with E-state index in [-0.39, 0.29) is 25.0 Å². The first kappa shape index (κ1) is 26.8. The van der Waals surface area contributed by atoms with Crippen molar-refractivity contribution in [3.63, 3.8) is 0 Å². The number of benzene rings is 3. The van der Waals surface area contributed by atoms with Gasteiger partial charge < -0.3 is 15.0 Å². The van der Waals surface area contributed by atoms with E-state index >= 15 is 0 Å². The number of nitrogens with one attached hydrogen (secondary N) is 1. The van der Waals surface area contributed by atoms with Gasteiger partial charge >= 0.3 is 0 Å². The number of rotatable bonds is 9. The van der Waals surface area contributed by atoms with Gasteiger partial charge in [0.2, 0.25) is 5.91 Å². The molecule has 0 bridgehead atoms. The molecule has 2 amide bonds. The van der Waals surface area contributed by atoms with E-state index < -0.39 is 11.6 Å². The van der Waals surface area contributed by atoms with Crippen LogP contribution in [0.1, 0.15) is 31.9 Å². The number of hydrogen-bond acceptors (Lipinski definition) is 3. The number of carbonyl (C=O) groups is 2. The highest BCUT2D eigenvalue weighted by Gasteiger charge is 2.32. The highest BCUT2D eigenvalue weighted by molar-refractivity contribution is 9.10. The molecule has 0 spiro atoms. The third kappa shape index (κ3) is 8.41. The van der Waals surface area contributed by atoms with Gasteiger partial charge in [-0.2, -0.15) is 0 Å². The number of halogens is 2. The van der Waals surface area contributed by atoms with Gasteiger partial charge in [0.25, 0.3) is 5.91 Å². The standard InChI is InChI=1S/C28H30BrClN2O3/c1-28(2,3)31-27(34)24(17-20-10-5-4-6-11-20)32(18-21-12-9-13-22(29)16-21)26(33)19-35-25-15-8-7-14-23(25)30/h4-16,24H,17-19H2,1-3H3,(H,31,34)/t24-/m0/s1. The molecule has 0 fully saturated rings. The van der Waals surface area contributed by atoms with Crippen LogP contribution in [0.3, 0.4) is 0 Å². The maximum absolute atomic E-state index is 13.6. The van der Waals surface area contributed by atoms with Gasteiger partial charge in [-0.1, -0.05) is 82.1 Å². The molecule has 0 aromatic heterocycles. The summed E-state index contributed by atoms with van der Waals surface area (Å²) in [6.07, 6.45) is 0.370. The number of nitrogens with zero attached hydrogens (tertiary/aromatic N) is 1. The molecule has 3 rings (SSSR count). The van der Waals surface area contributed by atoms with Crippen LogP contribution in [0.5, 0.6) is 5.75 Å². The van der Waals surface area contributed by atoms with Crippen LogP contribution in [-0.4, -0.2) is 34.9 Å². The van der Waals surface area contributed by atoms with Gasteiger partial charge in [-0.15, -0.1) is 0 Å². The number of carbonyl (C=O) groups excluding carboxylic acids is 2. The molecule has 1 atom stereocenters. The Morgan fingerprint density at radius 3 is 2.29 bits per heavy atom. The van der Waals surface area contributed by atoms with Crippen molar-refractivity contribution >= 4 is 39.3 Å². The molecular formula is C28H30BrClN2O3. The molecular weight excluding hydrogens is 528 g/mol. The molecule has 0 radical (unpaired) electrons. The van der Waals surface area contributed by atoms with E-state index in [9.17, 15) is 9.59 Å². The van der Waals surface area contributed by atoms with Crippen LogP contribution in [-0.2, 0) is 22.6 Å². The summed E-state index contributed by atoms with van der Waals surface area (Å²) in [7, 11) is 0. The molecule has 1 N–H and O–H groups in total.